The molecule has 10 heteroatoms. The van der Waals surface area contributed by atoms with E-state index in [-0.39, 0.29) is 17.8 Å². The minimum Gasteiger partial charge on any atom is -0.378 e. The monoisotopic (exact) mass is 440 g/mol. The van der Waals surface area contributed by atoms with Gasteiger partial charge in [-0.3, -0.25) is 9.78 Å². The molecule has 0 fully saturated rings. The number of rotatable bonds is 6. The van der Waals surface area contributed by atoms with Gasteiger partial charge in [0.25, 0.3) is 5.91 Å². The molecule has 4 aromatic rings. The third kappa shape index (κ3) is 4.53. The normalized spacial score (nSPS) is 11.5. The molecule has 164 valence electrons. The van der Waals surface area contributed by atoms with Gasteiger partial charge < -0.3 is 15.2 Å². The van der Waals surface area contributed by atoms with Crippen molar-refractivity contribution in [1.82, 2.24) is 24.8 Å². The van der Waals surface area contributed by atoms with E-state index in [9.17, 15) is 18.0 Å². The summed E-state index contributed by atoms with van der Waals surface area (Å²) in [4.78, 5) is 24.5. The van der Waals surface area contributed by atoms with Crippen LogP contribution >= 0.6 is 0 Å². The molecule has 32 heavy (non-hydrogen) atoms. The molecule has 0 aliphatic rings. The summed E-state index contributed by atoms with van der Waals surface area (Å²) in [7, 11) is 1.77. The zero-order valence-corrected chi connectivity index (χ0v) is 17.0. The number of hydrogen-bond donors (Lipinski definition) is 2. The highest BCUT2D eigenvalue weighted by molar-refractivity contribution is 6.06. The van der Waals surface area contributed by atoms with Gasteiger partial charge in [0.1, 0.15) is 23.1 Å². The highest BCUT2D eigenvalue weighted by Gasteiger charge is 2.32. The average molecular weight is 440 g/mol. The van der Waals surface area contributed by atoms with Crippen molar-refractivity contribution in [1.29, 1.82) is 0 Å². The van der Waals surface area contributed by atoms with E-state index in [4.69, 9.17) is 0 Å². The fraction of sp³-hybridized carbons (Fsp3) is 0.182. The first kappa shape index (κ1) is 21.3. The number of fused-ring (bicyclic) bond motifs is 1. The van der Waals surface area contributed by atoms with Crippen LogP contribution in [0.4, 0.5) is 18.9 Å². The van der Waals surface area contributed by atoms with Crippen LogP contribution in [0.3, 0.4) is 0 Å². The number of carbonyl (C=O) groups is 1. The third-order valence-corrected chi connectivity index (χ3v) is 4.86. The van der Waals surface area contributed by atoms with Crippen molar-refractivity contribution in [2.24, 2.45) is 7.05 Å². The smallest absolute Gasteiger partial charge is 0.378 e. The van der Waals surface area contributed by atoms with Gasteiger partial charge in [-0.2, -0.15) is 13.2 Å². The van der Waals surface area contributed by atoms with Gasteiger partial charge in [-0.25, -0.2) is 9.97 Å². The Morgan fingerprint density at radius 2 is 1.81 bits per heavy atom. The second kappa shape index (κ2) is 8.66. The highest BCUT2D eigenvalue weighted by atomic mass is 19.4. The molecule has 0 unspecified atom stereocenters. The number of anilines is 1. The summed E-state index contributed by atoms with van der Waals surface area (Å²) in [6, 6.07) is 12.2. The Balaban J connectivity index is 1.53. The van der Waals surface area contributed by atoms with Crippen molar-refractivity contribution >= 4 is 22.6 Å². The molecule has 0 aliphatic carbocycles. The number of nitrogens with zero attached hydrogens (tertiary/aromatic N) is 4. The first-order valence-electron chi connectivity index (χ1n) is 9.71. The molecule has 0 saturated carbocycles. The number of alkyl halides is 3. The fourth-order valence-corrected chi connectivity index (χ4v) is 3.32. The summed E-state index contributed by atoms with van der Waals surface area (Å²) in [5, 5.41) is 5.94. The van der Waals surface area contributed by atoms with Gasteiger partial charge in [-0.05, 0) is 23.3 Å². The number of aryl methyl sites for hydroxylation is 1. The first-order chi connectivity index (χ1) is 15.3. The van der Waals surface area contributed by atoms with Crippen LogP contribution in [0.25, 0.3) is 11.0 Å². The standard InChI is InChI=1S/C22H19F3N6O/c1-31-12-16(27-10-14-5-3-2-4-6-14)18-20(31)19(30-13-29-18)21(32)28-11-15-7-8-26-17(9-15)22(23,24)25/h2-9,12-13,27H,10-11H2,1H3,(H,28,32). The second-order valence-electron chi connectivity index (χ2n) is 7.14. The molecule has 0 saturated heterocycles. The molecule has 7 nitrogen and oxygen atoms in total. The summed E-state index contributed by atoms with van der Waals surface area (Å²) >= 11 is 0. The molecule has 0 bridgehead atoms. The van der Waals surface area contributed by atoms with Gasteiger partial charge in [0.15, 0.2) is 5.69 Å². The topological polar surface area (TPSA) is 84.7 Å². The van der Waals surface area contributed by atoms with Crippen molar-refractivity contribution in [3.63, 3.8) is 0 Å². The number of pyridine rings is 1. The second-order valence-corrected chi connectivity index (χ2v) is 7.14. The number of carbonyl (C=O) groups excluding carboxylic acids is 1. The van der Waals surface area contributed by atoms with Crippen LogP contribution in [-0.2, 0) is 26.3 Å². The minimum absolute atomic E-state index is 0.0978. The van der Waals surface area contributed by atoms with E-state index in [1.807, 2.05) is 36.5 Å². The Morgan fingerprint density at radius 3 is 2.56 bits per heavy atom. The molecule has 0 radical (unpaired) electrons. The Kier molecular flexibility index (Phi) is 5.76. The molecular weight excluding hydrogens is 421 g/mol. The Labute approximate surface area is 181 Å². The van der Waals surface area contributed by atoms with Gasteiger partial charge in [-0.15, -0.1) is 0 Å². The number of benzene rings is 1. The number of hydrogen-bond acceptors (Lipinski definition) is 5. The molecule has 3 aromatic heterocycles. The van der Waals surface area contributed by atoms with Crippen LogP contribution in [-0.4, -0.2) is 25.4 Å². The molecule has 0 atom stereocenters. The molecule has 0 aliphatic heterocycles. The summed E-state index contributed by atoms with van der Waals surface area (Å²) in [5.74, 6) is -0.515. The van der Waals surface area contributed by atoms with E-state index in [1.54, 1.807) is 11.6 Å². The van der Waals surface area contributed by atoms with Gasteiger partial charge in [0.2, 0.25) is 0 Å². The van der Waals surface area contributed by atoms with Crippen LogP contribution in [0, 0.1) is 0 Å². The molecule has 2 N–H and O–H groups in total. The SMILES string of the molecule is Cn1cc(NCc2ccccc2)c2ncnc(C(=O)NCc3ccnc(C(F)(F)F)c3)c21. The predicted molar refractivity (Wildman–Crippen MR) is 113 cm³/mol. The van der Waals surface area contributed by atoms with Crippen LogP contribution < -0.4 is 10.6 Å². The lowest BCUT2D eigenvalue weighted by atomic mass is 10.2. The largest absolute Gasteiger partial charge is 0.433 e. The molecular formula is C22H19F3N6O. The van der Waals surface area contributed by atoms with Gasteiger partial charge >= 0.3 is 6.18 Å². The first-order valence-corrected chi connectivity index (χ1v) is 9.71. The van der Waals surface area contributed by atoms with Crippen molar-refractivity contribution in [3.8, 4) is 0 Å². The summed E-state index contributed by atoms with van der Waals surface area (Å²) in [6.07, 6.45) is -0.378. The van der Waals surface area contributed by atoms with Crippen molar-refractivity contribution < 1.29 is 18.0 Å². The van der Waals surface area contributed by atoms with Crippen LogP contribution in [0.2, 0.25) is 0 Å². The van der Waals surface area contributed by atoms with E-state index < -0.39 is 17.8 Å². The van der Waals surface area contributed by atoms with E-state index >= 15 is 0 Å². The summed E-state index contributed by atoms with van der Waals surface area (Å²) < 4.78 is 40.3. The Hall–Kier alpha value is -3.95. The fourth-order valence-electron chi connectivity index (χ4n) is 3.32. The van der Waals surface area contributed by atoms with E-state index in [0.29, 0.717) is 17.6 Å². The Bertz CT molecular complexity index is 1250. The number of halogens is 3. The van der Waals surface area contributed by atoms with Crippen molar-refractivity contribution in [3.05, 3.63) is 83.7 Å². The maximum absolute atomic E-state index is 12.8. The summed E-state index contributed by atoms with van der Waals surface area (Å²) in [5.41, 5.74) is 2.33. The minimum atomic E-state index is -4.55. The molecule has 0 spiro atoms. The zero-order valence-electron chi connectivity index (χ0n) is 17.0. The van der Waals surface area contributed by atoms with Gasteiger partial charge in [0, 0.05) is 32.5 Å². The number of aromatic nitrogens is 4. The average Bonchev–Trinajstić information content (AvgIpc) is 3.12. The number of nitrogens with one attached hydrogen (secondary N) is 2. The summed E-state index contributed by atoms with van der Waals surface area (Å²) in [6.45, 7) is 0.481. The van der Waals surface area contributed by atoms with Crippen molar-refractivity contribution in [2.45, 2.75) is 19.3 Å². The maximum atomic E-state index is 12.8. The van der Waals surface area contributed by atoms with Gasteiger partial charge in [-0.1, -0.05) is 30.3 Å². The number of amides is 1. The highest BCUT2D eigenvalue weighted by Crippen LogP contribution is 2.28. The quantitative estimate of drug-likeness (QED) is 0.475. The zero-order chi connectivity index (χ0) is 22.7. The lowest BCUT2D eigenvalue weighted by Crippen LogP contribution is -2.25. The molecule has 1 aromatic carbocycles. The van der Waals surface area contributed by atoms with Crippen LogP contribution in [0.5, 0.6) is 0 Å². The lowest BCUT2D eigenvalue weighted by Gasteiger charge is -2.09. The van der Waals surface area contributed by atoms with Gasteiger partial charge in [0.05, 0.1) is 5.69 Å². The van der Waals surface area contributed by atoms with Crippen LogP contribution in [0.15, 0.2) is 61.2 Å². The predicted octanol–water partition coefficient (Wildman–Crippen LogP) is 3.92. The molecule has 4 rings (SSSR count). The van der Waals surface area contributed by atoms with E-state index in [0.717, 1.165) is 23.5 Å². The van der Waals surface area contributed by atoms with E-state index in [2.05, 4.69) is 25.6 Å². The van der Waals surface area contributed by atoms with Crippen molar-refractivity contribution in [2.75, 3.05) is 5.32 Å². The molecule has 1 amide bonds. The maximum Gasteiger partial charge on any atom is 0.433 e. The third-order valence-electron chi connectivity index (χ3n) is 4.86. The Morgan fingerprint density at radius 1 is 1.03 bits per heavy atom. The van der Waals surface area contributed by atoms with E-state index in [1.165, 1.54) is 12.4 Å². The van der Waals surface area contributed by atoms with Crippen LogP contribution in [0.1, 0.15) is 27.3 Å². The lowest BCUT2D eigenvalue weighted by molar-refractivity contribution is -0.141. The molecule has 3 heterocycles.